The summed E-state index contributed by atoms with van der Waals surface area (Å²) in [5.41, 5.74) is 3.33. The lowest BCUT2D eigenvalue weighted by Gasteiger charge is -2.22. The van der Waals surface area contributed by atoms with Gasteiger partial charge < -0.3 is 4.98 Å². The second-order valence-corrected chi connectivity index (χ2v) is 7.15. The van der Waals surface area contributed by atoms with Gasteiger partial charge in [0, 0.05) is 34.1 Å². The summed E-state index contributed by atoms with van der Waals surface area (Å²) in [5.74, 6) is 0.630. The number of hydrogen-bond acceptors (Lipinski definition) is 3. The van der Waals surface area contributed by atoms with Crippen molar-refractivity contribution in [3.8, 4) is 0 Å². The van der Waals surface area contributed by atoms with Crippen molar-refractivity contribution in [2.75, 3.05) is 0 Å². The Kier molecular flexibility index (Phi) is 4.34. The van der Waals surface area contributed by atoms with Crippen molar-refractivity contribution in [3.05, 3.63) is 125 Å². The molecule has 4 aromatic rings. The number of nitrogens with zero attached hydrogens (tertiary/aromatic N) is 3. The summed E-state index contributed by atoms with van der Waals surface area (Å²) in [7, 11) is 0. The summed E-state index contributed by atoms with van der Waals surface area (Å²) in [5, 5.41) is 0.595. The average molecular weight is 397 g/mol. The molecule has 0 amide bonds. The third-order valence-corrected chi connectivity index (χ3v) is 5.27. The zero-order chi connectivity index (χ0) is 19.7. The first-order chi connectivity index (χ1) is 14.3. The van der Waals surface area contributed by atoms with E-state index in [1.54, 1.807) is 12.4 Å². The highest BCUT2D eigenvalue weighted by molar-refractivity contribution is 6.54. The molecule has 0 bridgehead atoms. The maximum absolute atomic E-state index is 6.62. The van der Waals surface area contributed by atoms with Crippen molar-refractivity contribution < 1.29 is 0 Å². The van der Waals surface area contributed by atoms with E-state index in [0.717, 1.165) is 28.1 Å². The molecule has 0 radical (unpaired) electrons. The number of aromatic nitrogens is 2. The molecule has 0 saturated carbocycles. The van der Waals surface area contributed by atoms with Gasteiger partial charge in [0.05, 0.1) is 11.4 Å². The smallest absolute Gasteiger partial charge is 0.236 e. The van der Waals surface area contributed by atoms with Crippen molar-refractivity contribution in [1.29, 1.82) is 0 Å². The molecule has 140 valence electrons. The van der Waals surface area contributed by atoms with E-state index < -0.39 is 5.66 Å². The Bertz CT molecular complexity index is 1140. The van der Waals surface area contributed by atoms with Crippen LogP contribution in [0.2, 0.25) is 5.02 Å². The van der Waals surface area contributed by atoms with Crippen LogP contribution in [0.15, 0.2) is 107 Å². The molecule has 0 atom stereocenters. The van der Waals surface area contributed by atoms with Gasteiger partial charge in [0.25, 0.3) is 0 Å². The summed E-state index contributed by atoms with van der Waals surface area (Å²) in [6, 6.07) is 27.8. The van der Waals surface area contributed by atoms with Crippen LogP contribution in [0.3, 0.4) is 0 Å². The fourth-order valence-corrected chi connectivity index (χ4v) is 3.87. The largest absolute Gasteiger partial charge is 0.345 e. The van der Waals surface area contributed by atoms with Crippen LogP contribution in [0.4, 0.5) is 0 Å². The Morgan fingerprint density at radius 2 is 1.24 bits per heavy atom. The molecule has 3 aromatic carbocycles. The zero-order valence-corrected chi connectivity index (χ0v) is 16.2. The van der Waals surface area contributed by atoms with Gasteiger partial charge in [-0.15, -0.1) is 0 Å². The minimum absolute atomic E-state index is 0.595. The summed E-state index contributed by atoms with van der Waals surface area (Å²) in [4.78, 5) is 18.0. The maximum Gasteiger partial charge on any atom is 0.236 e. The van der Waals surface area contributed by atoms with Crippen LogP contribution in [-0.4, -0.2) is 21.4 Å². The van der Waals surface area contributed by atoms with Crippen LogP contribution in [0.5, 0.6) is 0 Å². The number of imidazole rings is 1. The van der Waals surface area contributed by atoms with Crippen molar-refractivity contribution in [2.45, 2.75) is 5.66 Å². The molecular formula is C24H17ClN4. The van der Waals surface area contributed by atoms with Crippen molar-refractivity contribution >= 4 is 23.0 Å². The highest BCUT2D eigenvalue weighted by atomic mass is 35.5. The zero-order valence-electron chi connectivity index (χ0n) is 15.5. The van der Waals surface area contributed by atoms with Crippen LogP contribution in [-0.2, 0) is 5.66 Å². The van der Waals surface area contributed by atoms with E-state index >= 15 is 0 Å². The number of halogens is 1. The second-order valence-electron chi connectivity index (χ2n) is 6.74. The van der Waals surface area contributed by atoms with Crippen molar-refractivity contribution in [3.63, 3.8) is 0 Å². The number of aromatic amines is 1. The van der Waals surface area contributed by atoms with Gasteiger partial charge in [-0.25, -0.2) is 15.0 Å². The molecule has 0 fully saturated rings. The van der Waals surface area contributed by atoms with Gasteiger partial charge >= 0.3 is 0 Å². The lowest BCUT2D eigenvalue weighted by Crippen LogP contribution is -2.23. The van der Waals surface area contributed by atoms with E-state index in [1.807, 2.05) is 84.9 Å². The molecular weight excluding hydrogens is 380 g/mol. The first-order valence-electron chi connectivity index (χ1n) is 9.34. The number of hydrogen-bond donors (Lipinski definition) is 1. The Hall–Kier alpha value is -3.50. The lowest BCUT2D eigenvalue weighted by atomic mass is 10.00. The first kappa shape index (κ1) is 17.6. The minimum atomic E-state index is -1.07. The van der Waals surface area contributed by atoms with Gasteiger partial charge in [0.15, 0.2) is 5.82 Å². The van der Waals surface area contributed by atoms with Crippen LogP contribution < -0.4 is 0 Å². The van der Waals surface area contributed by atoms with Gasteiger partial charge in [-0.2, -0.15) is 0 Å². The molecule has 1 aliphatic rings. The van der Waals surface area contributed by atoms with Gasteiger partial charge in [0.2, 0.25) is 5.66 Å². The van der Waals surface area contributed by atoms with Gasteiger partial charge in [-0.05, 0) is 6.07 Å². The summed E-state index contributed by atoms with van der Waals surface area (Å²) < 4.78 is 0. The molecule has 2 heterocycles. The van der Waals surface area contributed by atoms with E-state index in [-0.39, 0.29) is 0 Å². The van der Waals surface area contributed by atoms with E-state index in [9.17, 15) is 0 Å². The van der Waals surface area contributed by atoms with Crippen LogP contribution in [0.25, 0.3) is 0 Å². The van der Waals surface area contributed by atoms with Crippen LogP contribution in [0, 0.1) is 0 Å². The second kappa shape index (κ2) is 7.15. The van der Waals surface area contributed by atoms with E-state index in [1.165, 1.54) is 0 Å². The number of aliphatic imine (C=N–C) groups is 2. The normalized spacial score (nSPS) is 15.1. The van der Waals surface area contributed by atoms with Gasteiger partial charge in [-0.3, -0.25) is 0 Å². The SMILES string of the molecule is Clc1ccccc1C1(c2ncc[nH]2)N=C(c2ccccc2)C(c2ccccc2)=N1. The number of rotatable bonds is 4. The topological polar surface area (TPSA) is 53.4 Å². The van der Waals surface area contributed by atoms with Crippen LogP contribution >= 0.6 is 11.6 Å². The number of benzene rings is 3. The molecule has 0 unspecified atom stereocenters. The molecule has 1 aliphatic heterocycles. The predicted octanol–water partition coefficient (Wildman–Crippen LogP) is 5.26. The Balaban J connectivity index is 1.83. The predicted molar refractivity (Wildman–Crippen MR) is 117 cm³/mol. The molecule has 0 aliphatic carbocycles. The van der Waals surface area contributed by atoms with E-state index in [0.29, 0.717) is 10.8 Å². The summed E-state index contributed by atoms with van der Waals surface area (Å²) in [6.07, 6.45) is 3.49. The molecule has 29 heavy (non-hydrogen) atoms. The first-order valence-corrected chi connectivity index (χ1v) is 9.71. The monoisotopic (exact) mass is 396 g/mol. The molecule has 1 aromatic heterocycles. The fraction of sp³-hybridized carbons (Fsp3) is 0.0417. The number of H-pyrrole nitrogens is 1. The molecule has 1 N–H and O–H groups in total. The number of nitrogens with one attached hydrogen (secondary N) is 1. The quantitative estimate of drug-likeness (QED) is 0.502. The Morgan fingerprint density at radius 1 is 0.690 bits per heavy atom. The third kappa shape index (κ3) is 2.98. The minimum Gasteiger partial charge on any atom is -0.345 e. The standard InChI is InChI=1S/C24H17ClN4/c25-20-14-8-7-13-19(20)24(23-26-15-16-27-23)28-21(17-9-3-1-4-10-17)22(29-24)18-11-5-2-6-12-18/h1-16H,(H,26,27). The van der Waals surface area contributed by atoms with Crippen molar-refractivity contribution in [2.24, 2.45) is 9.98 Å². The summed E-state index contributed by atoms with van der Waals surface area (Å²) >= 11 is 6.62. The molecule has 4 nitrogen and oxygen atoms in total. The molecule has 0 spiro atoms. The van der Waals surface area contributed by atoms with Crippen LogP contribution in [0.1, 0.15) is 22.5 Å². The summed E-state index contributed by atoms with van der Waals surface area (Å²) in [6.45, 7) is 0. The fourth-order valence-electron chi connectivity index (χ4n) is 3.60. The van der Waals surface area contributed by atoms with Crippen molar-refractivity contribution in [1.82, 2.24) is 9.97 Å². The Labute approximate surface area is 173 Å². The van der Waals surface area contributed by atoms with Gasteiger partial charge in [0.1, 0.15) is 0 Å². The molecule has 5 rings (SSSR count). The highest BCUT2D eigenvalue weighted by Crippen LogP contribution is 2.42. The molecule has 5 heteroatoms. The average Bonchev–Trinajstić information content (AvgIpc) is 3.45. The maximum atomic E-state index is 6.62. The third-order valence-electron chi connectivity index (χ3n) is 4.94. The van der Waals surface area contributed by atoms with Gasteiger partial charge in [-0.1, -0.05) is 90.5 Å². The van der Waals surface area contributed by atoms with E-state index in [2.05, 4.69) is 9.97 Å². The van der Waals surface area contributed by atoms with E-state index in [4.69, 9.17) is 21.6 Å². The lowest BCUT2D eigenvalue weighted by molar-refractivity contribution is 0.552. The highest BCUT2D eigenvalue weighted by Gasteiger charge is 2.43. The molecule has 0 saturated heterocycles. The Morgan fingerprint density at radius 3 is 1.76 bits per heavy atom.